The Hall–Kier alpha value is -2.18. The molecule has 0 fully saturated rings. The number of rotatable bonds is 45. The molecule has 6 heteroatoms. The van der Waals surface area contributed by atoms with E-state index in [9.17, 15) is 19.8 Å². The first-order chi connectivity index (χ1) is 28.5. The lowest BCUT2D eigenvalue weighted by molar-refractivity contribution is -0.143. The third-order valence-corrected chi connectivity index (χ3v) is 11.1. The fourth-order valence-corrected chi connectivity index (χ4v) is 7.23. The van der Waals surface area contributed by atoms with Gasteiger partial charge in [-0.25, -0.2) is 0 Å². The monoisotopic (exact) mass is 814 g/mol. The van der Waals surface area contributed by atoms with E-state index in [0.717, 1.165) is 96.3 Å². The molecule has 0 aliphatic heterocycles. The predicted octanol–water partition coefficient (Wildman–Crippen LogP) is 14.7. The van der Waals surface area contributed by atoms with Crippen molar-refractivity contribution in [1.82, 2.24) is 5.32 Å². The SMILES string of the molecule is CCCCC/C=C\C/C=C\CCCCCCCC(=O)OCCCCC/C=C\C/C=C\CCCCCCCCCC(=O)NC(CO)C(O)CCCCCCCCCCC. The van der Waals surface area contributed by atoms with E-state index in [0.29, 0.717) is 25.9 Å². The molecule has 0 radical (unpaired) electrons. The molecule has 6 nitrogen and oxygen atoms in total. The van der Waals surface area contributed by atoms with E-state index in [-0.39, 0.29) is 18.5 Å². The lowest BCUT2D eigenvalue weighted by atomic mass is 10.0. The Labute approximate surface area is 359 Å². The quantitative estimate of drug-likeness (QED) is 0.0323. The molecule has 1 amide bonds. The standard InChI is InChI=1S/C52H95NO5/c1-3-5-7-9-11-13-14-15-19-23-26-30-34-38-42-46-52(57)58-47-43-39-35-31-27-24-21-18-16-17-20-22-25-29-33-37-41-45-51(56)53-49(48-54)50(55)44-40-36-32-28-12-10-8-6-4-2/h11,13,15-16,18-19,24,27,49-50,54-55H,3-10,12,14,17,20-23,25-26,28-48H2,1-2H3,(H,53,56)/b13-11-,18-16-,19-15-,27-24-. The second-order valence-electron chi connectivity index (χ2n) is 16.8. The summed E-state index contributed by atoms with van der Waals surface area (Å²) in [7, 11) is 0. The fourth-order valence-electron chi connectivity index (χ4n) is 7.23. The van der Waals surface area contributed by atoms with E-state index in [1.165, 1.54) is 116 Å². The highest BCUT2D eigenvalue weighted by Gasteiger charge is 2.20. The smallest absolute Gasteiger partial charge is 0.305 e. The zero-order valence-electron chi connectivity index (χ0n) is 38.3. The topological polar surface area (TPSA) is 95.9 Å². The summed E-state index contributed by atoms with van der Waals surface area (Å²) in [5.74, 6) is -0.0865. The first-order valence-corrected chi connectivity index (χ1v) is 24.9. The van der Waals surface area contributed by atoms with Crippen LogP contribution in [0.1, 0.15) is 245 Å². The normalized spacial score (nSPS) is 13.1. The third-order valence-electron chi connectivity index (χ3n) is 11.1. The number of aliphatic hydroxyl groups is 2. The molecule has 0 aromatic rings. The lowest BCUT2D eigenvalue weighted by Gasteiger charge is -2.22. The van der Waals surface area contributed by atoms with E-state index in [2.05, 4.69) is 67.8 Å². The number of esters is 1. The van der Waals surface area contributed by atoms with E-state index in [1.807, 2.05) is 0 Å². The van der Waals surface area contributed by atoms with Crippen LogP contribution in [0, 0.1) is 0 Å². The number of unbranched alkanes of at least 4 members (excludes halogenated alkanes) is 26. The number of ether oxygens (including phenoxy) is 1. The molecule has 0 saturated carbocycles. The van der Waals surface area contributed by atoms with Crippen LogP contribution >= 0.6 is 0 Å². The Morgan fingerprint density at radius 3 is 1.34 bits per heavy atom. The van der Waals surface area contributed by atoms with Gasteiger partial charge in [-0.1, -0.05) is 184 Å². The number of carbonyl (C=O) groups excluding carboxylic acids is 2. The van der Waals surface area contributed by atoms with E-state index < -0.39 is 12.1 Å². The van der Waals surface area contributed by atoms with Gasteiger partial charge in [0.2, 0.25) is 5.91 Å². The second-order valence-corrected chi connectivity index (χ2v) is 16.8. The van der Waals surface area contributed by atoms with Gasteiger partial charge in [-0.05, 0) is 96.3 Å². The van der Waals surface area contributed by atoms with Gasteiger partial charge in [-0.2, -0.15) is 0 Å². The summed E-state index contributed by atoms with van der Waals surface area (Å²) < 4.78 is 5.43. The fraction of sp³-hybridized carbons (Fsp3) is 0.808. The molecule has 2 unspecified atom stereocenters. The van der Waals surface area contributed by atoms with E-state index in [1.54, 1.807) is 0 Å². The molecule has 0 bridgehead atoms. The number of hydrogen-bond acceptors (Lipinski definition) is 5. The minimum absolute atomic E-state index is 0.0307. The summed E-state index contributed by atoms with van der Waals surface area (Å²) in [5, 5.41) is 23.0. The van der Waals surface area contributed by atoms with Gasteiger partial charge in [-0.3, -0.25) is 9.59 Å². The molecule has 0 saturated heterocycles. The highest BCUT2D eigenvalue weighted by atomic mass is 16.5. The summed E-state index contributed by atoms with van der Waals surface area (Å²) in [4.78, 5) is 24.4. The molecule has 3 N–H and O–H groups in total. The molecule has 0 aliphatic rings. The Morgan fingerprint density at radius 1 is 0.483 bits per heavy atom. The zero-order chi connectivity index (χ0) is 42.3. The molecular weight excluding hydrogens is 719 g/mol. The van der Waals surface area contributed by atoms with Crippen molar-refractivity contribution in [2.45, 2.75) is 257 Å². The van der Waals surface area contributed by atoms with Crippen molar-refractivity contribution in [3.05, 3.63) is 48.6 Å². The van der Waals surface area contributed by atoms with Gasteiger partial charge in [0.25, 0.3) is 0 Å². The average molecular weight is 814 g/mol. The maximum Gasteiger partial charge on any atom is 0.305 e. The van der Waals surface area contributed by atoms with Gasteiger partial charge < -0.3 is 20.3 Å². The minimum Gasteiger partial charge on any atom is -0.466 e. The summed E-state index contributed by atoms with van der Waals surface area (Å²) >= 11 is 0. The van der Waals surface area contributed by atoms with E-state index in [4.69, 9.17) is 4.74 Å². The van der Waals surface area contributed by atoms with Crippen LogP contribution in [0.2, 0.25) is 0 Å². The summed E-state index contributed by atoms with van der Waals surface area (Å²) in [6, 6.07) is -0.552. The van der Waals surface area contributed by atoms with Crippen molar-refractivity contribution < 1.29 is 24.5 Å². The number of allylic oxidation sites excluding steroid dienone is 8. The third kappa shape index (κ3) is 43.4. The Morgan fingerprint density at radius 2 is 0.862 bits per heavy atom. The van der Waals surface area contributed by atoms with E-state index >= 15 is 0 Å². The lowest BCUT2D eigenvalue weighted by Crippen LogP contribution is -2.45. The maximum atomic E-state index is 12.4. The van der Waals surface area contributed by atoms with Crippen LogP contribution < -0.4 is 5.32 Å². The number of nitrogens with one attached hydrogen (secondary N) is 1. The molecule has 2 atom stereocenters. The van der Waals surface area contributed by atoms with Gasteiger partial charge in [-0.15, -0.1) is 0 Å². The van der Waals surface area contributed by atoms with Crippen molar-refractivity contribution in [1.29, 1.82) is 0 Å². The first kappa shape index (κ1) is 55.8. The zero-order valence-corrected chi connectivity index (χ0v) is 38.3. The molecule has 0 aromatic heterocycles. The number of hydrogen-bond donors (Lipinski definition) is 3. The van der Waals surface area contributed by atoms with Crippen LogP contribution in [0.15, 0.2) is 48.6 Å². The van der Waals surface area contributed by atoms with Crippen LogP contribution in [-0.4, -0.2) is 47.4 Å². The predicted molar refractivity (Wildman–Crippen MR) is 250 cm³/mol. The molecule has 0 rings (SSSR count). The molecule has 338 valence electrons. The van der Waals surface area contributed by atoms with Crippen LogP contribution in [-0.2, 0) is 14.3 Å². The van der Waals surface area contributed by atoms with Gasteiger partial charge in [0.15, 0.2) is 0 Å². The van der Waals surface area contributed by atoms with Crippen LogP contribution in [0.25, 0.3) is 0 Å². The van der Waals surface area contributed by atoms with Crippen LogP contribution in [0.5, 0.6) is 0 Å². The number of aliphatic hydroxyl groups excluding tert-OH is 2. The summed E-state index contributed by atoms with van der Waals surface area (Å²) in [6.45, 7) is 4.84. The van der Waals surface area contributed by atoms with Crippen molar-refractivity contribution in [2.75, 3.05) is 13.2 Å². The number of amides is 1. The highest BCUT2D eigenvalue weighted by Crippen LogP contribution is 2.14. The molecule has 0 heterocycles. The van der Waals surface area contributed by atoms with Crippen LogP contribution in [0.3, 0.4) is 0 Å². The molecule has 0 spiro atoms. The van der Waals surface area contributed by atoms with Gasteiger partial charge in [0, 0.05) is 12.8 Å². The minimum atomic E-state index is -0.673. The first-order valence-electron chi connectivity index (χ1n) is 24.9. The van der Waals surface area contributed by atoms with Crippen molar-refractivity contribution in [2.24, 2.45) is 0 Å². The van der Waals surface area contributed by atoms with Gasteiger partial charge in [0.05, 0.1) is 25.4 Å². The van der Waals surface area contributed by atoms with Crippen LogP contribution in [0.4, 0.5) is 0 Å². The Balaban J connectivity index is 3.51. The highest BCUT2D eigenvalue weighted by molar-refractivity contribution is 5.76. The Bertz CT molecular complexity index is 988. The molecular formula is C52H95NO5. The van der Waals surface area contributed by atoms with Gasteiger partial charge >= 0.3 is 5.97 Å². The largest absolute Gasteiger partial charge is 0.466 e. The molecule has 0 aliphatic carbocycles. The summed E-state index contributed by atoms with van der Waals surface area (Å²) in [6.07, 6.45) is 58.0. The molecule has 0 aromatic carbocycles. The Kier molecular flexibility index (Phi) is 45.7. The van der Waals surface area contributed by atoms with Gasteiger partial charge in [0.1, 0.15) is 0 Å². The second kappa shape index (κ2) is 47.5. The van der Waals surface area contributed by atoms with Crippen molar-refractivity contribution >= 4 is 11.9 Å². The number of carbonyl (C=O) groups is 2. The van der Waals surface area contributed by atoms with Crippen molar-refractivity contribution in [3.8, 4) is 0 Å². The molecule has 58 heavy (non-hydrogen) atoms. The summed E-state index contributed by atoms with van der Waals surface area (Å²) in [5.41, 5.74) is 0. The maximum absolute atomic E-state index is 12.4. The van der Waals surface area contributed by atoms with Crippen molar-refractivity contribution in [3.63, 3.8) is 0 Å². The average Bonchev–Trinajstić information content (AvgIpc) is 3.22.